The molecule has 0 aromatic heterocycles. The van der Waals surface area contributed by atoms with E-state index < -0.39 is 11.6 Å². The molecule has 1 heterocycles. The van der Waals surface area contributed by atoms with Gasteiger partial charge in [0.1, 0.15) is 5.82 Å². The van der Waals surface area contributed by atoms with Gasteiger partial charge in [0.05, 0.1) is 17.6 Å². The average Bonchev–Trinajstić information content (AvgIpc) is 2.94. The summed E-state index contributed by atoms with van der Waals surface area (Å²) in [5, 5.41) is 13.0. The van der Waals surface area contributed by atoms with Crippen molar-refractivity contribution in [2.75, 3.05) is 13.2 Å². The third-order valence-corrected chi connectivity index (χ3v) is 4.90. The third-order valence-electron chi connectivity index (χ3n) is 4.90. The fourth-order valence-corrected chi connectivity index (χ4v) is 3.57. The molecule has 1 saturated carbocycles. The van der Waals surface area contributed by atoms with E-state index in [1.165, 1.54) is 12.1 Å². The fourth-order valence-electron chi connectivity index (χ4n) is 3.57. The molecular formula is C17H22FNO3. The predicted octanol–water partition coefficient (Wildman–Crippen LogP) is 2.11. The van der Waals surface area contributed by atoms with Gasteiger partial charge in [-0.2, -0.15) is 0 Å². The van der Waals surface area contributed by atoms with Gasteiger partial charge in [-0.3, -0.25) is 4.79 Å². The Morgan fingerprint density at radius 2 is 2.09 bits per heavy atom. The molecule has 5 heteroatoms. The summed E-state index contributed by atoms with van der Waals surface area (Å²) in [6.45, 7) is 1.06. The van der Waals surface area contributed by atoms with Gasteiger partial charge in [0.2, 0.25) is 5.91 Å². The number of nitrogens with one attached hydrogen (secondary N) is 1. The summed E-state index contributed by atoms with van der Waals surface area (Å²) in [4.78, 5) is 12.6. The lowest BCUT2D eigenvalue weighted by Crippen LogP contribution is -2.52. The second-order valence-electron chi connectivity index (χ2n) is 6.30. The molecule has 0 bridgehead atoms. The molecule has 1 aliphatic carbocycles. The van der Waals surface area contributed by atoms with E-state index in [1.807, 2.05) is 6.07 Å². The summed E-state index contributed by atoms with van der Waals surface area (Å²) in [6, 6.07) is 6.40. The molecule has 1 aromatic rings. The smallest absolute Gasteiger partial charge is 0.226 e. The number of carbonyl (C=O) groups is 1. The highest BCUT2D eigenvalue weighted by Gasteiger charge is 2.40. The van der Waals surface area contributed by atoms with Gasteiger partial charge in [-0.1, -0.05) is 12.1 Å². The lowest BCUT2D eigenvalue weighted by Gasteiger charge is -2.39. The molecule has 4 nitrogen and oxygen atoms in total. The van der Waals surface area contributed by atoms with E-state index in [1.54, 1.807) is 6.07 Å². The highest BCUT2D eigenvalue weighted by atomic mass is 19.1. The summed E-state index contributed by atoms with van der Waals surface area (Å²) in [6.07, 6.45) is 2.92. The second kappa shape index (κ2) is 6.34. The summed E-state index contributed by atoms with van der Waals surface area (Å²) >= 11 is 0. The Balaban J connectivity index is 1.84. The van der Waals surface area contributed by atoms with Crippen LogP contribution in [0.1, 0.15) is 37.7 Å². The van der Waals surface area contributed by atoms with Crippen LogP contribution in [0, 0.1) is 11.7 Å². The van der Waals surface area contributed by atoms with Crippen molar-refractivity contribution in [3.05, 3.63) is 35.6 Å². The zero-order chi connectivity index (χ0) is 15.6. The largest absolute Gasteiger partial charge is 0.392 e. The van der Waals surface area contributed by atoms with Gasteiger partial charge in [-0.25, -0.2) is 4.39 Å². The van der Waals surface area contributed by atoms with E-state index in [-0.39, 0.29) is 17.6 Å². The number of rotatable bonds is 3. The molecular weight excluding hydrogens is 285 g/mol. The van der Waals surface area contributed by atoms with Crippen LogP contribution < -0.4 is 5.32 Å². The molecule has 1 amide bonds. The molecule has 1 aromatic carbocycles. The van der Waals surface area contributed by atoms with Gasteiger partial charge >= 0.3 is 0 Å². The number of hydrogen-bond acceptors (Lipinski definition) is 3. The average molecular weight is 307 g/mol. The monoisotopic (exact) mass is 307 g/mol. The minimum absolute atomic E-state index is 0.129. The van der Waals surface area contributed by atoms with E-state index in [0.29, 0.717) is 38.9 Å². The van der Waals surface area contributed by atoms with Crippen LogP contribution in [0.2, 0.25) is 0 Å². The SMILES string of the molecule is O=C(NC1(c2cccc(F)c2)CCOCC1)C1CCCC1O. The van der Waals surface area contributed by atoms with Crippen molar-refractivity contribution in [2.45, 2.75) is 43.7 Å². The van der Waals surface area contributed by atoms with E-state index in [4.69, 9.17) is 4.74 Å². The minimum Gasteiger partial charge on any atom is -0.392 e. The summed E-state index contributed by atoms with van der Waals surface area (Å²) < 4.78 is 19.0. The van der Waals surface area contributed by atoms with Crippen LogP contribution in [0.15, 0.2) is 24.3 Å². The number of benzene rings is 1. The first kappa shape index (κ1) is 15.4. The molecule has 1 saturated heterocycles. The van der Waals surface area contributed by atoms with Crippen LogP contribution in [0.4, 0.5) is 4.39 Å². The minimum atomic E-state index is -0.597. The summed E-state index contributed by atoms with van der Waals surface area (Å²) in [5.74, 6) is -0.789. The lowest BCUT2D eigenvalue weighted by atomic mass is 9.82. The lowest BCUT2D eigenvalue weighted by molar-refractivity contribution is -0.131. The van der Waals surface area contributed by atoms with Crippen molar-refractivity contribution in [3.8, 4) is 0 Å². The van der Waals surface area contributed by atoms with Gasteiger partial charge in [-0.15, -0.1) is 0 Å². The van der Waals surface area contributed by atoms with Crippen LogP contribution in [-0.2, 0) is 15.1 Å². The molecule has 22 heavy (non-hydrogen) atoms. The molecule has 120 valence electrons. The fraction of sp³-hybridized carbons (Fsp3) is 0.588. The number of hydrogen-bond donors (Lipinski definition) is 2. The topological polar surface area (TPSA) is 58.6 Å². The van der Waals surface area contributed by atoms with Crippen molar-refractivity contribution >= 4 is 5.91 Å². The van der Waals surface area contributed by atoms with Gasteiger partial charge in [0, 0.05) is 13.2 Å². The predicted molar refractivity (Wildman–Crippen MR) is 79.6 cm³/mol. The number of aliphatic hydroxyl groups excluding tert-OH is 1. The van der Waals surface area contributed by atoms with Gasteiger partial charge in [0.25, 0.3) is 0 Å². The van der Waals surface area contributed by atoms with Gasteiger partial charge in [-0.05, 0) is 49.8 Å². The normalized spacial score (nSPS) is 27.5. The number of halogens is 1. The standard InChI is InChI=1S/C17H22FNO3/c18-13-4-1-3-12(11-13)17(7-9-22-10-8-17)19-16(21)14-5-2-6-15(14)20/h1,3-4,11,14-15,20H,2,5-10H2,(H,19,21). The molecule has 1 aliphatic heterocycles. The molecule has 2 unspecified atom stereocenters. The van der Waals surface area contributed by atoms with Crippen LogP contribution in [0.5, 0.6) is 0 Å². The zero-order valence-electron chi connectivity index (χ0n) is 12.6. The second-order valence-corrected chi connectivity index (χ2v) is 6.30. The Morgan fingerprint density at radius 3 is 2.73 bits per heavy atom. The molecule has 2 fully saturated rings. The number of ether oxygens (including phenoxy) is 1. The van der Waals surface area contributed by atoms with E-state index >= 15 is 0 Å². The highest BCUT2D eigenvalue weighted by molar-refractivity contribution is 5.80. The van der Waals surface area contributed by atoms with E-state index in [0.717, 1.165) is 12.0 Å². The highest BCUT2D eigenvalue weighted by Crippen LogP contribution is 2.34. The Morgan fingerprint density at radius 1 is 1.32 bits per heavy atom. The Labute approximate surface area is 129 Å². The molecule has 0 radical (unpaired) electrons. The number of carbonyl (C=O) groups excluding carboxylic acids is 1. The molecule has 2 N–H and O–H groups in total. The van der Waals surface area contributed by atoms with Crippen molar-refractivity contribution < 1.29 is 19.0 Å². The first-order valence-electron chi connectivity index (χ1n) is 7.95. The third kappa shape index (κ3) is 3.01. The van der Waals surface area contributed by atoms with Crippen molar-refractivity contribution in [1.29, 1.82) is 0 Å². The molecule has 2 atom stereocenters. The Kier molecular flexibility index (Phi) is 4.45. The zero-order valence-corrected chi connectivity index (χ0v) is 12.6. The van der Waals surface area contributed by atoms with Crippen LogP contribution in [0.3, 0.4) is 0 Å². The van der Waals surface area contributed by atoms with Crippen LogP contribution in [0.25, 0.3) is 0 Å². The summed E-state index contributed by atoms with van der Waals surface area (Å²) in [5.41, 5.74) is 0.177. The Hall–Kier alpha value is -1.46. The van der Waals surface area contributed by atoms with Gasteiger partial charge < -0.3 is 15.2 Å². The van der Waals surface area contributed by atoms with E-state index in [2.05, 4.69) is 5.32 Å². The quantitative estimate of drug-likeness (QED) is 0.899. The number of amides is 1. The van der Waals surface area contributed by atoms with Crippen molar-refractivity contribution in [3.63, 3.8) is 0 Å². The molecule has 3 rings (SSSR count). The maximum atomic E-state index is 13.6. The first-order chi connectivity index (χ1) is 10.6. The maximum Gasteiger partial charge on any atom is 0.226 e. The van der Waals surface area contributed by atoms with Gasteiger partial charge in [0.15, 0.2) is 0 Å². The molecule has 2 aliphatic rings. The van der Waals surface area contributed by atoms with Crippen LogP contribution >= 0.6 is 0 Å². The van der Waals surface area contributed by atoms with E-state index in [9.17, 15) is 14.3 Å². The first-order valence-corrected chi connectivity index (χ1v) is 7.95. The Bertz CT molecular complexity index is 542. The van der Waals surface area contributed by atoms with Crippen molar-refractivity contribution in [2.24, 2.45) is 5.92 Å². The maximum absolute atomic E-state index is 13.6. The van der Waals surface area contributed by atoms with Crippen molar-refractivity contribution in [1.82, 2.24) is 5.32 Å². The molecule has 0 spiro atoms. The summed E-state index contributed by atoms with van der Waals surface area (Å²) in [7, 11) is 0. The van der Waals surface area contributed by atoms with Crippen LogP contribution in [-0.4, -0.2) is 30.3 Å². The number of aliphatic hydroxyl groups is 1.